The number of rotatable bonds is 3. The Morgan fingerprint density at radius 3 is 2.38 bits per heavy atom. The maximum Gasteiger partial charge on any atom is 0.346 e. The molecule has 3 aromatic carbocycles. The molecule has 26 heavy (non-hydrogen) atoms. The molecule has 3 heteroatoms. The minimum Gasteiger partial charge on any atom is -0.497 e. The van der Waals surface area contributed by atoms with Crippen molar-refractivity contribution < 1.29 is 14.3 Å². The highest BCUT2D eigenvalue weighted by atomic mass is 16.5. The second kappa shape index (κ2) is 8.04. The zero-order valence-corrected chi connectivity index (χ0v) is 14.7. The quantitative estimate of drug-likeness (QED) is 0.401. The number of ether oxygens (including phenoxy) is 2. The van der Waals surface area contributed by atoms with E-state index >= 15 is 0 Å². The maximum absolute atomic E-state index is 12.1. The number of hydrogen-bond acceptors (Lipinski definition) is 3. The van der Waals surface area contributed by atoms with Crippen LogP contribution >= 0.6 is 0 Å². The monoisotopic (exact) mass is 342 g/mol. The molecule has 0 aromatic heterocycles. The van der Waals surface area contributed by atoms with Crippen LogP contribution < -0.4 is 4.74 Å². The van der Waals surface area contributed by atoms with Gasteiger partial charge >= 0.3 is 5.97 Å². The van der Waals surface area contributed by atoms with Crippen molar-refractivity contribution in [2.24, 2.45) is 0 Å². The number of hydrogen-bond donors (Lipinski definition) is 0. The molecular formula is C23H18O3. The van der Waals surface area contributed by atoms with Crippen molar-refractivity contribution in [1.82, 2.24) is 0 Å². The highest BCUT2D eigenvalue weighted by molar-refractivity contribution is 5.99. The minimum atomic E-state index is -0.464. The molecule has 0 radical (unpaired) electrons. The van der Waals surface area contributed by atoms with Crippen molar-refractivity contribution in [3.63, 3.8) is 0 Å². The molecule has 0 aliphatic heterocycles. The number of esters is 1. The van der Waals surface area contributed by atoms with Crippen LogP contribution in [0.4, 0.5) is 0 Å². The van der Waals surface area contributed by atoms with Crippen molar-refractivity contribution in [1.29, 1.82) is 0 Å². The molecule has 0 atom stereocenters. The van der Waals surface area contributed by atoms with Crippen molar-refractivity contribution in [2.45, 2.75) is 0 Å². The number of carbonyl (C=O) groups is 1. The van der Waals surface area contributed by atoms with Crippen LogP contribution in [0.2, 0.25) is 0 Å². The van der Waals surface area contributed by atoms with Crippen molar-refractivity contribution in [3.8, 4) is 17.6 Å². The van der Waals surface area contributed by atoms with E-state index in [0.29, 0.717) is 5.57 Å². The van der Waals surface area contributed by atoms with Crippen molar-refractivity contribution in [3.05, 3.63) is 83.4 Å². The molecule has 0 fully saturated rings. The average molecular weight is 342 g/mol. The fraction of sp³-hybridized carbons (Fsp3) is 0.0870. The fourth-order valence-electron chi connectivity index (χ4n) is 2.59. The van der Waals surface area contributed by atoms with Crippen LogP contribution in [0.5, 0.6) is 5.75 Å². The van der Waals surface area contributed by atoms with Gasteiger partial charge in [0.15, 0.2) is 0 Å². The summed E-state index contributed by atoms with van der Waals surface area (Å²) in [6.45, 7) is 0. The van der Waals surface area contributed by atoms with E-state index in [4.69, 9.17) is 9.47 Å². The molecule has 0 aliphatic carbocycles. The van der Waals surface area contributed by atoms with Crippen LogP contribution in [0.25, 0.3) is 16.8 Å². The van der Waals surface area contributed by atoms with Crippen LogP contribution in [-0.2, 0) is 9.53 Å². The number of benzene rings is 3. The van der Waals surface area contributed by atoms with Gasteiger partial charge in [0.2, 0.25) is 0 Å². The molecule has 0 spiro atoms. The van der Waals surface area contributed by atoms with Crippen LogP contribution in [0.3, 0.4) is 0 Å². The molecule has 0 heterocycles. The van der Waals surface area contributed by atoms with Gasteiger partial charge in [-0.3, -0.25) is 0 Å². The van der Waals surface area contributed by atoms with E-state index in [2.05, 4.69) is 11.8 Å². The zero-order valence-electron chi connectivity index (χ0n) is 14.7. The summed E-state index contributed by atoms with van der Waals surface area (Å²) in [6.07, 6.45) is 1.71. The van der Waals surface area contributed by atoms with Crippen LogP contribution in [-0.4, -0.2) is 20.2 Å². The Hall–Kier alpha value is -3.51. The highest BCUT2D eigenvalue weighted by Crippen LogP contribution is 2.18. The fourth-order valence-corrected chi connectivity index (χ4v) is 2.59. The van der Waals surface area contributed by atoms with Crippen molar-refractivity contribution in [2.75, 3.05) is 14.2 Å². The number of fused-ring (bicyclic) bond motifs is 1. The third kappa shape index (κ3) is 3.93. The lowest BCUT2D eigenvalue weighted by atomic mass is 10.0. The third-order valence-corrected chi connectivity index (χ3v) is 3.95. The Morgan fingerprint density at radius 1 is 0.923 bits per heavy atom. The molecule has 3 aromatic rings. The van der Waals surface area contributed by atoms with E-state index < -0.39 is 5.97 Å². The SMILES string of the molecule is COC(=O)C(C#Cc1cccc2ccccc12)=Cc1ccc(OC)cc1. The minimum absolute atomic E-state index is 0.297. The standard InChI is InChI=1S/C23H18O3/c1-25-21-14-10-17(11-15-21)16-20(23(24)26-2)13-12-19-8-5-7-18-6-3-4-9-22(18)19/h3-11,14-16H,1-2H3. The maximum atomic E-state index is 12.1. The Bertz CT molecular complexity index is 1010. The molecule has 3 rings (SSSR count). The lowest BCUT2D eigenvalue weighted by molar-refractivity contribution is -0.135. The first-order chi connectivity index (χ1) is 12.7. The van der Waals surface area contributed by atoms with Crippen LogP contribution in [0, 0.1) is 11.8 Å². The van der Waals surface area contributed by atoms with Gasteiger partial charge in [-0.1, -0.05) is 60.4 Å². The lowest BCUT2D eigenvalue weighted by Crippen LogP contribution is -2.03. The summed E-state index contributed by atoms with van der Waals surface area (Å²) >= 11 is 0. The Kier molecular flexibility index (Phi) is 5.36. The number of carbonyl (C=O) groups excluding carboxylic acids is 1. The van der Waals surface area contributed by atoms with Gasteiger partial charge in [-0.15, -0.1) is 0 Å². The highest BCUT2D eigenvalue weighted by Gasteiger charge is 2.07. The average Bonchev–Trinajstić information content (AvgIpc) is 2.71. The van der Waals surface area contributed by atoms with E-state index in [-0.39, 0.29) is 0 Å². The second-order valence-electron chi connectivity index (χ2n) is 5.60. The van der Waals surface area contributed by atoms with Gasteiger partial charge < -0.3 is 9.47 Å². The molecule has 128 valence electrons. The third-order valence-electron chi connectivity index (χ3n) is 3.95. The van der Waals surface area contributed by atoms with E-state index in [0.717, 1.165) is 27.6 Å². The second-order valence-corrected chi connectivity index (χ2v) is 5.60. The summed E-state index contributed by atoms with van der Waals surface area (Å²) in [4.78, 5) is 12.1. The zero-order chi connectivity index (χ0) is 18.4. The van der Waals surface area contributed by atoms with Crippen LogP contribution in [0.1, 0.15) is 11.1 Å². The van der Waals surface area contributed by atoms with Gasteiger partial charge in [0, 0.05) is 5.56 Å². The van der Waals surface area contributed by atoms with Gasteiger partial charge in [-0.2, -0.15) is 0 Å². The van der Waals surface area contributed by atoms with Gasteiger partial charge in [-0.05, 0) is 40.6 Å². The molecule has 0 amide bonds. The van der Waals surface area contributed by atoms with Crippen molar-refractivity contribution >= 4 is 22.8 Å². The van der Waals surface area contributed by atoms with Crippen LogP contribution in [0.15, 0.2) is 72.3 Å². The summed E-state index contributed by atoms with van der Waals surface area (Å²) in [5, 5.41) is 2.16. The predicted octanol–water partition coefficient (Wildman–Crippen LogP) is 4.46. The van der Waals surface area contributed by atoms with E-state index in [9.17, 15) is 4.79 Å². The van der Waals surface area contributed by atoms with E-state index in [1.807, 2.05) is 66.7 Å². The smallest absolute Gasteiger partial charge is 0.346 e. The molecule has 0 aliphatic rings. The first-order valence-corrected chi connectivity index (χ1v) is 8.15. The Balaban J connectivity index is 2.00. The molecule has 0 bridgehead atoms. The van der Waals surface area contributed by atoms with Gasteiger partial charge in [0.1, 0.15) is 11.3 Å². The number of methoxy groups -OCH3 is 2. The Labute approximate surface area is 152 Å². The molecule has 0 saturated heterocycles. The van der Waals surface area contributed by atoms with Gasteiger partial charge in [0.05, 0.1) is 14.2 Å². The normalized spacial score (nSPS) is 10.8. The van der Waals surface area contributed by atoms with E-state index in [1.54, 1.807) is 13.2 Å². The molecule has 0 unspecified atom stereocenters. The summed E-state index contributed by atoms with van der Waals surface area (Å²) in [7, 11) is 2.96. The summed E-state index contributed by atoms with van der Waals surface area (Å²) in [5.74, 6) is 6.35. The molecule has 0 N–H and O–H groups in total. The summed E-state index contributed by atoms with van der Waals surface area (Å²) in [6, 6.07) is 21.3. The summed E-state index contributed by atoms with van der Waals surface area (Å²) < 4.78 is 10.0. The molecule has 0 saturated carbocycles. The van der Waals surface area contributed by atoms with Gasteiger partial charge in [0.25, 0.3) is 0 Å². The topological polar surface area (TPSA) is 35.5 Å². The lowest BCUT2D eigenvalue weighted by Gasteiger charge is -2.02. The largest absolute Gasteiger partial charge is 0.497 e. The Morgan fingerprint density at radius 2 is 1.65 bits per heavy atom. The first-order valence-electron chi connectivity index (χ1n) is 8.15. The van der Waals surface area contributed by atoms with Gasteiger partial charge in [-0.25, -0.2) is 4.79 Å². The van der Waals surface area contributed by atoms with E-state index in [1.165, 1.54) is 7.11 Å². The predicted molar refractivity (Wildman–Crippen MR) is 104 cm³/mol. The summed E-state index contributed by atoms with van der Waals surface area (Å²) in [5.41, 5.74) is 2.01. The molecular weight excluding hydrogens is 324 g/mol. The molecule has 3 nitrogen and oxygen atoms in total. The first kappa shape index (κ1) is 17.3.